The predicted molar refractivity (Wildman–Crippen MR) is 50.0 cm³/mol. The number of benzene rings is 1. The summed E-state index contributed by atoms with van der Waals surface area (Å²) in [5.41, 5.74) is 8.37. The summed E-state index contributed by atoms with van der Waals surface area (Å²) in [5, 5.41) is 9.63. The molecule has 3 heteroatoms. The molecule has 0 fully saturated rings. The molecule has 66 valence electrons. The Kier molecular flexibility index (Phi) is 3.09. The van der Waals surface area contributed by atoms with Crippen LogP contribution in [0.4, 0.5) is 0 Å². The van der Waals surface area contributed by atoms with Crippen LogP contribution in [0.1, 0.15) is 16.7 Å². The molecule has 3 N–H and O–H groups in total. The molecular weight excluding hydrogens is 174 g/mol. The van der Waals surface area contributed by atoms with Crippen molar-refractivity contribution in [2.45, 2.75) is 20.1 Å². The van der Waals surface area contributed by atoms with Crippen molar-refractivity contribution in [2.24, 2.45) is 5.73 Å². The summed E-state index contributed by atoms with van der Waals surface area (Å²) in [7, 11) is 0. The highest BCUT2D eigenvalue weighted by Crippen LogP contribution is 2.20. The molecule has 12 heavy (non-hydrogen) atoms. The molecule has 0 saturated heterocycles. The van der Waals surface area contributed by atoms with Crippen LogP contribution < -0.4 is 5.73 Å². The largest absolute Gasteiger partial charge is 0.392 e. The summed E-state index contributed by atoms with van der Waals surface area (Å²) in [6.45, 7) is 2.38. The first-order valence-corrected chi connectivity index (χ1v) is 4.15. The molecule has 0 unspecified atom stereocenters. The molecule has 0 saturated carbocycles. The predicted octanol–water partition coefficient (Wildman–Crippen LogP) is 1.60. The minimum atomic E-state index is -0.00602. The van der Waals surface area contributed by atoms with E-state index in [0.717, 1.165) is 16.7 Å². The van der Waals surface area contributed by atoms with Crippen LogP contribution >= 0.6 is 11.6 Å². The molecule has 1 rings (SSSR count). The van der Waals surface area contributed by atoms with E-state index in [-0.39, 0.29) is 6.61 Å². The molecule has 0 radical (unpaired) electrons. The van der Waals surface area contributed by atoms with E-state index in [4.69, 9.17) is 22.4 Å². The molecule has 1 aromatic rings. The monoisotopic (exact) mass is 185 g/mol. The summed E-state index contributed by atoms with van der Waals surface area (Å²) in [6.07, 6.45) is 0. The number of halogens is 1. The van der Waals surface area contributed by atoms with Gasteiger partial charge in [-0.3, -0.25) is 0 Å². The van der Waals surface area contributed by atoms with E-state index in [1.165, 1.54) is 0 Å². The molecular formula is C9H12ClNO. The van der Waals surface area contributed by atoms with Gasteiger partial charge in [0.2, 0.25) is 0 Å². The first-order valence-electron chi connectivity index (χ1n) is 3.78. The second-order valence-corrected chi connectivity index (χ2v) is 3.16. The molecule has 0 amide bonds. The molecule has 0 aromatic heterocycles. The lowest BCUT2D eigenvalue weighted by Crippen LogP contribution is -2.04. The maximum absolute atomic E-state index is 8.98. The highest BCUT2D eigenvalue weighted by atomic mass is 35.5. The maximum Gasteiger partial charge on any atom is 0.0685 e. The third kappa shape index (κ3) is 1.78. The van der Waals surface area contributed by atoms with Crippen LogP contribution in [0.3, 0.4) is 0 Å². The number of aryl methyl sites for hydroxylation is 1. The van der Waals surface area contributed by atoms with Gasteiger partial charge in [0.1, 0.15) is 0 Å². The Bertz CT molecular complexity index is 286. The van der Waals surface area contributed by atoms with Crippen LogP contribution in [0.5, 0.6) is 0 Å². The molecule has 0 bridgehead atoms. The van der Waals surface area contributed by atoms with Crippen LogP contribution in [-0.4, -0.2) is 5.11 Å². The Morgan fingerprint density at radius 2 is 2.17 bits per heavy atom. The highest BCUT2D eigenvalue weighted by molar-refractivity contribution is 6.30. The van der Waals surface area contributed by atoms with Crippen molar-refractivity contribution >= 4 is 11.6 Å². The highest BCUT2D eigenvalue weighted by Gasteiger charge is 2.04. The standard InChI is InChI=1S/C9H12ClNO/c1-6-2-8(10)3-7(5-12)9(6)4-11/h2-3,12H,4-5,11H2,1H3. The SMILES string of the molecule is Cc1cc(Cl)cc(CO)c1CN. The molecule has 0 aliphatic carbocycles. The lowest BCUT2D eigenvalue weighted by Gasteiger charge is -2.08. The summed E-state index contributed by atoms with van der Waals surface area (Å²) >= 11 is 5.81. The van der Waals surface area contributed by atoms with Gasteiger partial charge in [0.15, 0.2) is 0 Å². The van der Waals surface area contributed by atoms with Gasteiger partial charge in [-0.2, -0.15) is 0 Å². The Labute approximate surface area is 77.0 Å². The molecule has 0 spiro atoms. The number of nitrogens with two attached hydrogens (primary N) is 1. The van der Waals surface area contributed by atoms with Gasteiger partial charge >= 0.3 is 0 Å². The minimum Gasteiger partial charge on any atom is -0.392 e. The fourth-order valence-corrected chi connectivity index (χ4v) is 1.57. The summed E-state index contributed by atoms with van der Waals surface area (Å²) in [5.74, 6) is 0. The van der Waals surface area contributed by atoms with Crippen molar-refractivity contribution < 1.29 is 5.11 Å². The first-order chi connectivity index (χ1) is 5.69. The van der Waals surface area contributed by atoms with Gasteiger partial charge in [-0.25, -0.2) is 0 Å². The van der Waals surface area contributed by atoms with E-state index in [0.29, 0.717) is 11.6 Å². The Hall–Kier alpha value is -0.570. The summed E-state index contributed by atoms with van der Waals surface area (Å²) in [6, 6.07) is 3.60. The molecule has 0 aliphatic heterocycles. The normalized spacial score (nSPS) is 10.3. The van der Waals surface area contributed by atoms with Gasteiger partial charge in [0, 0.05) is 11.6 Å². The Morgan fingerprint density at radius 1 is 1.50 bits per heavy atom. The quantitative estimate of drug-likeness (QED) is 0.735. The van der Waals surface area contributed by atoms with Crippen LogP contribution in [0.15, 0.2) is 12.1 Å². The summed E-state index contributed by atoms with van der Waals surface area (Å²) < 4.78 is 0. The lowest BCUT2D eigenvalue weighted by atomic mass is 10.0. The van der Waals surface area contributed by atoms with Crippen molar-refractivity contribution in [3.05, 3.63) is 33.8 Å². The first kappa shape index (κ1) is 9.52. The third-order valence-corrected chi connectivity index (χ3v) is 2.12. The summed E-state index contributed by atoms with van der Waals surface area (Å²) in [4.78, 5) is 0. The number of hydrogen-bond donors (Lipinski definition) is 2. The zero-order valence-electron chi connectivity index (χ0n) is 6.97. The van der Waals surface area contributed by atoms with Crippen molar-refractivity contribution in [3.63, 3.8) is 0 Å². The molecule has 1 aromatic carbocycles. The second-order valence-electron chi connectivity index (χ2n) is 2.72. The third-order valence-electron chi connectivity index (χ3n) is 1.90. The van der Waals surface area contributed by atoms with Crippen LogP contribution in [0.2, 0.25) is 5.02 Å². The van der Waals surface area contributed by atoms with Gasteiger partial charge in [-0.05, 0) is 35.7 Å². The smallest absolute Gasteiger partial charge is 0.0685 e. The fourth-order valence-electron chi connectivity index (χ4n) is 1.28. The zero-order valence-corrected chi connectivity index (χ0v) is 7.73. The fraction of sp³-hybridized carbons (Fsp3) is 0.333. The number of rotatable bonds is 2. The molecule has 0 aliphatic rings. The second kappa shape index (κ2) is 3.90. The van der Waals surface area contributed by atoms with E-state index in [2.05, 4.69) is 0 Å². The number of hydrogen-bond acceptors (Lipinski definition) is 2. The lowest BCUT2D eigenvalue weighted by molar-refractivity contribution is 0.280. The van der Waals surface area contributed by atoms with E-state index in [1.54, 1.807) is 6.07 Å². The van der Waals surface area contributed by atoms with Crippen LogP contribution in [0, 0.1) is 6.92 Å². The van der Waals surface area contributed by atoms with Gasteiger partial charge in [0.25, 0.3) is 0 Å². The van der Waals surface area contributed by atoms with Gasteiger partial charge in [-0.15, -0.1) is 0 Å². The van der Waals surface area contributed by atoms with Crippen molar-refractivity contribution in [3.8, 4) is 0 Å². The Morgan fingerprint density at radius 3 is 2.67 bits per heavy atom. The van der Waals surface area contributed by atoms with E-state index >= 15 is 0 Å². The van der Waals surface area contributed by atoms with Gasteiger partial charge in [-0.1, -0.05) is 11.6 Å². The van der Waals surface area contributed by atoms with Crippen molar-refractivity contribution in [1.29, 1.82) is 0 Å². The molecule has 0 atom stereocenters. The maximum atomic E-state index is 8.98. The molecule has 2 nitrogen and oxygen atoms in total. The van der Waals surface area contributed by atoms with E-state index in [9.17, 15) is 0 Å². The number of aliphatic hydroxyl groups is 1. The number of aliphatic hydroxyl groups excluding tert-OH is 1. The molecule has 0 heterocycles. The van der Waals surface area contributed by atoms with E-state index in [1.807, 2.05) is 13.0 Å². The van der Waals surface area contributed by atoms with Gasteiger partial charge in [0.05, 0.1) is 6.61 Å². The van der Waals surface area contributed by atoms with E-state index < -0.39 is 0 Å². The zero-order chi connectivity index (χ0) is 9.14. The van der Waals surface area contributed by atoms with Crippen LogP contribution in [0.25, 0.3) is 0 Å². The minimum absolute atomic E-state index is 0.00602. The average molecular weight is 186 g/mol. The van der Waals surface area contributed by atoms with Crippen molar-refractivity contribution in [2.75, 3.05) is 0 Å². The van der Waals surface area contributed by atoms with Gasteiger partial charge < -0.3 is 10.8 Å². The topological polar surface area (TPSA) is 46.2 Å². The van der Waals surface area contributed by atoms with Crippen molar-refractivity contribution in [1.82, 2.24) is 0 Å². The Balaban J connectivity index is 3.24. The average Bonchev–Trinajstić information content (AvgIpc) is 2.03. The van der Waals surface area contributed by atoms with Crippen LogP contribution in [-0.2, 0) is 13.2 Å².